The smallest absolute Gasteiger partial charge is 0.387 e. The predicted molar refractivity (Wildman–Crippen MR) is 100 cm³/mol. The van der Waals surface area contributed by atoms with Gasteiger partial charge in [0.05, 0.1) is 5.69 Å². The Kier molecular flexibility index (Phi) is 5.25. The van der Waals surface area contributed by atoms with E-state index < -0.39 is 6.61 Å². The van der Waals surface area contributed by atoms with Crippen molar-refractivity contribution >= 4 is 39.5 Å². The third-order valence-electron chi connectivity index (χ3n) is 3.41. The lowest BCUT2D eigenvalue weighted by molar-refractivity contribution is -0.0498. The van der Waals surface area contributed by atoms with E-state index >= 15 is 0 Å². The Bertz CT molecular complexity index is 872. The summed E-state index contributed by atoms with van der Waals surface area (Å²) in [6.45, 7) is -2.84. The van der Waals surface area contributed by atoms with Crippen molar-refractivity contribution in [2.24, 2.45) is 0 Å². The van der Waals surface area contributed by atoms with E-state index in [9.17, 15) is 8.78 Å². The van der Waals surface area contributed by atoms with Crippen LogP contribution < -0.4 is 20.9 Å². The number of fused-ring (bicyclic) bond motifs is 1. The van der Waals surface area contributed by atoms with Crippen LogP contribution in [-0.4, -0.2) is 11.7 Å². The molecule has 25 heavy (non-hydrogen) atoms. The molecule has 4 nitrogen and oxygen atoms in total. The standard InChI is InChI=1S/C18H15F2N3OS/c19-17(20)24-16-9-7-14(8-10-16)21-18(25)23-22-15-6-5-12-3-1-2-4-13(12)11-15/h1-11,17,22H,(H2,21,23,25). The van der Waals surface area contributed by atoms with Gasteiger partial charge in [0, 0.05) is 5.69 Å². The molecule has 0 amide bonds. The number of anilines is 2. The van der Waals surface area contributed by atoms with E-state index in [1.54, 1.807) is 12.1 Å². The lowest BCUT2D eigenvalue weighted by Crippen LogP contribution is -2.33. The maximum absolute atomic E-state index is 12.1. The molecule has 7 heteroatoms. The largest absolute Gasteiger partial charge is 0.435 e. The molecule has 3 aromatic carbocycles. The van der Waals surface area contributed by atoms with Gasteiger partial charge in [-0.15, -0.1) is 0 Å². The Morgan fingerprint density at radius 3 is 2.28 bits per heavy atom. The summed E-state index contributed by atoms with van der Waals surface area (Å²) >= 11 is 5.20. The Morgan fingerprint density at radius 1 is 0.880 bits per heavy atom. The number of alkyl halides is 2. The Hall–Kier alpha value is -2.93. The van der Waals surface area contributed by atoms with Crippen LogP contribution in [0.2, 0.25) is 0 Å². The topological polar surface area (TPSA) is 45.3 Å². The Labute approximate surface area is 148 Å². The fourth-order valence-electron chi connectivity index (χ4n) is 2.28. The molecule has 0 bridgehead atoms. The van der Waals surface area contributed by atoms with E-state index in [2.05, 4.69) is 20.9 Å². The minimum absolute atomic E-state index is 0.0914. The third kappa shape index (κ3) is 4.77. The summed E-state index contributed by atoms with van der Waals surface area (Å²) in [5.74, 6) is 0.0914. The zero-order valence-electron chi connectivity index (χ0n) is 13.0. The molecule has 3 rings (SSSR count). The summed E-state index contributed by atoms with van der Waals surface area (Å²) in [5.41, 5.74) is 7.41. The van der Waals surface area contributed by atoms with Gasteiger partial charge in [-0.05, 0) is 59.4 Å². The van der Waals surface area contributed by atoms with Crippen molar-refractivity contribution in [1.29, 1.82) is 0 Å². The lowest BCUT2D eigenvalue weighted by Gasteiger charge is -2.13. The van der Waals surface area contributed by atoms with Crippen molar-refractivity contribution in [3.05, 3.63) is 66.7 Å². The van der Waals surface area contributed by atoms with Crippen LogP contribution in [0.4, 0.5) is 20.2 Å². The Morgan fingerprint density at radius 2 is 1.56 bits per heavy atom. The number of halogens is 2. The second kappa shape index (κ2) is 7.76. The molecule has 0 aromatic heterocycles. The van der Waals surface area contributed by atoms with Gasteiger partial charge in [0.25, 0.3) is 0 Å². The van der Waals surface area contributed by atoms with Gasteiger partial charge in [-0.2, -0.15) is 8.78 Å². The van der Waals surface area contributed by atoms with Crippen LogP contribution in [0.25, 0.3) is 10.8 Å². The van der Waals surface area contributed by atoms with Crippen molar-refractivity contribution in [1.82, 2.24) is 5.43 Å². The van der Waals surface area contributed by atoms with Crippen LogP contribution in [0.5, 0.6) is 5.75 Å². The van der Waals surface area contributed by atoms with Gasteiger partial charge in [-0.3, -0.25) is 10.9 Å². The van der Waals surface area contributed by atoms with E-state index in [4.69, 9.17) is 12.2 Å². The first-order chi connectivity index (χ1) is 12.1. The highest BCUT2D eigenvalue weighted by atomic mass is 32.1. The highest BCUT2D eigenvalue weighted by Crippen LogP contribution is 2.19. The highest BCUT2D eigenvalue weighted by Gasteiger charge is 2.04. The fourth-order valence-corrected chi connectivity index (χ4v) is 2.45. The summed E-state index contributed by atoms with van der Waals surface area (Å²) in [4.78, 5) is 0. The SMILES string of the molecule is FC(F)Oc1ccc(NC(=S)NNc2ccc3ccccc3c2)cc1. The highest BCUT2D eigenvalue weighted by molar-refractivity contribution is 7.80. The van der Waals surface area contributed by atoms with Crippen LogP contribution in [-0.2, 0) is 0 Å². The summed E-state index contributed by atoms with van der Waals surface area (Å²) in [5, 5.41) is 5.55. The number of rotatable bonds is 5. The zero-order chi connectivity index (χ0) is 17.6. The second-order valence-corrected chi connectivity index (χ2v) is 5.58. The monoisotopic (exact) mass is 359 g/mol. The van der Waals surface area contributed by atoms with Gasteiger partial charge in [-0.25, -0.2) is 0 Å². The predicted octanol–water partition coefficient (Wildman–Crippen LogP) is 4.75. The van der Waals surface area contributed by atoms with Crippen molar-refractivity contribution in [2.45, 2.75) is 6.61 Å². The molecule has 0 saturated carbocycles. The van der Waals surface area contributed by atoms with Gasteiger partial charge in [-0.1, -0.05) is 30.3 Å². The summed E-state index contributed by atoms with van der Waals surface area (Å²) in [6.07, 6.45) is 0. The maximum Gasteiger partial charge on any atom is 0.387 e. The van der Waals surface area contributed by atoms with Gasteiger partial charge in [0.2, 0.25) is 0 Å². The van der Waals surface area contributed by atoms with E-state index in [0.29, 0.717) is 10.8 Å². The van der Waals surface area contributed by atoms with Crippen molar-refractivity contribution in [2.75, 3.05) is 10.7 Å². The number of nitrogens with one attached hydrogen (secondary N) is 3. The van der Waals surface area contributed by atoms with Gasteiger partial charge < -0.3 is 10.1 Å². The maximum atomic E-state index is 12.1. The van der Waals surface area contributed by atoms with Crippen molar-refractivity contribution < 1.29 is 13.5 Å². The first-order valence-corrected chi connectivity index (χ1v) is 7.88. The first-order valence-electron chi connectivity index (χ1n) is 7.47. The average Bonchev–Trinajstić information content (AvgIpc) is 2.61. The summed E-state index contributed by atoms with van der Waals surface area (Å²) < 4.78 is 28.5. The van der Waals surface area contributed by atoms with Gasteiger partial charge in [0.1, 0.15) is 5.75 Å². The molecule has 0 unspecified atom stereocenters. The lowest BCUT2D eigenvalue weighted by atomic mass is 10.1. The van der Waals surface area contributed by atoms with Gasteiger partial charge >= 0.3 is 6.61 Å². The quantitative estimate of drug-likeness (QED) is 0.453. The molecule has 3 aromatic rings. The molecule has 0 saturated heterocycles. The number of hydrogen-bond acceptors (Lipinski definition) is 3. The summed E-state index contributed by atoms with van der Waals surface area (Å²) in [7, 11) is 0. The number of benzene rings is 3. The number of thiocarbonyl (C=S) groups is 1. The van der Waals surface area contributed by atoms with Crippen LogP contribution in [0.1, 0.15) is 0 Å². The van der Waals surface area contributed by atoms with Crippen LogP contribution >= 0.6 is 12.2 Å². The van der Waals surface area contributed by atoms with Crippen molar-refractivity contribution in [3.63, 3.8) is 0 Å². The second-order valence-electron chi connectivity index (χ2n) is 5.17. The minimum Gasteiger partial charge on any atom is -0.435 e. The molecule has 0 radical (unpaired) electrons. The van der Waals surface area contributed by atoms with Gasteiger partial charge in [0.15, 0.2) is 5.11 Å². The number of hydrogen-bond donors (Lipinski definition) is 3. The molecule has 0 aliphatic heterocycles. The van der Waals surface area contributed by atoms with E-state index in [0.717, 1.165) is 16.5 Å². The molecule has 0 fully saturated rings. The minimum atomic E-state index is -2.84. The number of hydrazine groups is 1. The summed E-state index contributed by atoms with van der Waals surface area (Å²) in [6, 6.07) is 20.1. The molecule has 3 N–H and O–H groups in total. The van der Waals surface area contributed by atoms with E-state index in [-0.39, 0.29) is 5.75 Å². The zero-order valence-corrected chi connectivity index (χ0v) is 13.8. The first kappa shape index (κ1) is 16.9. The van der Waals surface area contributed by atoms with Crippen molar-refractivity contribution in [3.8, 4) is 5.75 Å². The molecule has 0 aliphatic rings. The average molecular weight is 359 g/mol. The number of ether oxygens (including phenoxy) is 1. The van der Waals surface area contributed by atoms with Crippen LogP contribution in [0.3, 0.4) is 0 Å². The van der Waals surface area contributed by atoms with E-state index in [1.165, 1.54) is 12.1 Å². The molecule has 128 valence electrons. The fraction of sp³-hybridized carbons (Fsp3) is 0.0556. The molecule has 0 aliphatic carbocycles. The molecular weight excluding hydrogens is 344 g/mol. The Balaban J connectivity index is 1.55. The normalized spacial score (nSPS) is 10.5. The van der Waals surface area contributed by atoms with E-state index in [1.807, 2.05) is 42.5 Å². The molecular formula is C18H15F2N3OS. The third-order valence-corrected chi connectivity index (χ3v) is 3.61. The molecule has 0 heterocycles. The van der Waals surface area contributed by atoms with Crippen LogP contribution in [0, 0.1) is 0 Å². The molecule has 0 atom stereocenters. The molecule has 0 spiro atoms. The van der Waals surface area contributed by atoms with Crippen LogP contribution in [0.15, 0.2) is 66.7 Å².